The lowest BCUT2D eigenvalue weighted by Gasteiger charge is -2.15. The van der Waals surface area contributed by atoms with Crippen molar-refractivity contribution in [2.45, 2.75) is 18.6 Å². The summed E-state index contributed by atoms with van der Waals surface area (Å²) in [4.78, 5) is 0. The molecule has 90 valence electrons. The van der Waals surface area contributed by atoms with Crippen LogP contribution in [0, 0.1) is 0 Å². The number of benzene rings is 1. The number of ether oxygens (including phenoxy) is 2. The van der Waals surface area contributed by atoms with E-state index in [-0.39, 0.29) is 11.1 Å². The monoisotopic (exact) mass is 298 g/mol. The van der Waals surface area contributed by atoms with E-state index in [1.807, 2.05) is 0 Å². The predicted octanol–water partition coefficient (Wildman–Crippen LogP) is 3.88. The first-order chi connectivity index (χ1) is 7.48. The number of halogens is 4. The van der Waals surface area contributed by atoms with Crippen LogP contribution in [0.1, 0.15) is 12.5 Å². The fourth-order valence-corrected chi connectivity index (χ4v) is 1.74. The van der Waals surface area contributed by atoms with Crippen molar-refractivity contribution in [3.63, 3.8) is 0 Å². The van der Waals surface area contributed by atoms with Gasteiger partial charge in [0.2, 0.25) is 0 Å². The molecule has 1 aromatic carbocycles. The SMILES string of the molecule is CCOc1cccc(OC(F)(F)F)c1CBr. The number of hydrogen-bond acceptors (Lipinski definition) is 2. The molecule has 1 rings (SSSR count). The van der Waals surface area contributed by atoms with Gasteiger partial charge in [0.15, 0.2) is 0 Å². The van der Waals surface area contributed by atoms with Crippen LogP contribution in [0.5, 0.6) is 11.5 Å². The molecule has 1 aromatic rings. The first kappa shape index (κ1) is 13.2. The van der Waals surface area contributed by atoms with Crippen molar-refractivity contribution in [3.05, 3.63) is 23.8 Å². The summed E-state index contributed by atoms with van der Waals surface area (Å²) < 4.78 is 45.4. The van der Waals surface area contributed by atoms with Gasteiger partial charge < -0.3 is 9.47 Å². The molecule has 0 bridgehead atoms. The van der Waals surface area contributed by atoms with Gasteiger partial charge in [-0.3, -0.25) is 0 Å². The molecule has 6 heteroatoms. The minimum absolute atomic E-state index is 0.231. The summed E-state index contributed by atoms with van der Waals surface area (Å²) in [7, 11) is 0. The molecule has 2 nitrogen and oxygen atoms in total. The molecule has 0 saturated carbocycles. The van der Waals surface area contributed by atoms with Crippen LogP contribution in [-0.2, 0) is 5.33 Å². The zero-order valence-electron chi connectivity index (χ0n) is 8.47. The van der Waals surface area contributed by atoms with Gasteiger partial charge >= 0.3 is 6.36 Å². The average molecular weight is 299 g/mol. The van der Waals surface area contributed by atoms with Crippen molar-refractivity contribution in [1.29, 1.82) is 0 Å². The van der Waals surface area contributed by atoms with Crippen LogP contribution in [-0.4, -0.2) is 13.0 Å². The Morgan fingerprint density at radius 1 is 1.25 bits per heavy atom. The minimum atomic E-state index is -4.69. The zero-order chi connectivity index (χ0) is 12.2. The van der Waals surface area contributed by atoms with Crippen LogP contribution in [0.3, 0.4) is 0 Å². The molecule has 0 amide bonds. The van der Waals surface area contributed by atoms with Crippen LogP contribution < -0.4 is 9.47 Å². The lowest BCUT2D eigenvalue weighted by atomic mass is 10.2. The molecule has 0 aliphatic heterocycles. The summed E-state index contributed by atoms with van der Waals surface area (Å²) in [5.74, 6) is 0.149. The summed E-state index contributed by atoms with van der Waals surface area (Å²) in [6, 6.07) is 4.31. The van der Waals surface area contributed by atoms with Crippen molar-refractivity contribution in [2.24, 2.45) is 0 Å². The van der Waals surface area contributed by atoms with Crippen LogP contribution >= 0.6 is 15.9 Å². The highest BCUT2D eigenvalue weighted by atomic mass is 79.9. The van der Waals surface area contributed by atoms with Crippen LogP contribution in [0.15, 0.2) is 18.2 Å². The molecule has 0 fully saturated rings. The van der Waals surface area contributed by atoms with Gasteiger partial charge in [-0.2, -0.15) is 0 Å². The maximum absolute atomic E-state index is 12.1. The normalized spacial score (nSPS) is 11.3. The fraction of sp³-hybridized carbons (Fsp3) is 0.400. The second kappa shape index (κ2) is 5.43. The molecular formula is C10H10BrF3O2. The number of alkyl halides is 4. The Morgan fingerprint density at radius 3 is 2.38 bits per heavy atom. The maximum Gasteiger partial charge on any atom is 0.573 e. The molecule has 0 spiro atoms. The van der Waals surface area contributed by atoms with Crippen LogP contribution in [0.2, 0.25) is 0 Å². The average Bonchev–Trinajstić information content (AvgIpc) is 2.16. The molecule has 0 aliphatic rings. The molecule has 0 unspecified atom stereocenters. The molecule has 0 N–H and O–H groups in total. The highest BCUT2D eigenvalue weighted by Gasteiger charge is 2.32. The number of rotatable bonds is 4. The van der Waals surface area contributed by atoms with Crippen molar-refractivity contribution < 1.29 is 22.6 Å². The van der Waals surface area contributed by atoms with E-state index in [0.29, 0.717) is 17.9 Å². The highest BCUT2D eigenvalue weighted by molar-refractivity contribution is 9.08. The van der Waals surface area contributed by atoms with Gasteiger partial charge in [0.25, 0.3) is 0 Å². The summed E-state index contributed by atoms with van der Waals surface area (Å²) in [5.41, 5.74) is 0.349. The molecule has 0 aromatic heterocycles. The second-order valence-corrected chi connectivity index (χ2v) is 3.41. The van der Waals surface area contributed by atoms with Gasteiger partial charge in [-0.05, 0) is 19.1 Å². The van der Waals surface area contributed by atoms with E-state index in [1.54, 1.807) is 13.0 Å². The van der Waals surface area contributed by atoms with Gasteiger partial charge in [-0.15, -0.1) is 13.2 Å². The van der Waals surface area contributed by atoms with Crippen molar-refractivity contribution in [2.75, 3.05) is 6.61 Å². The van der Waals surface area contributed by atoms with Crippen molar-refractivity contribution in [1.82, 2.24) is 0 Å². The Kier molecular flexibility index (Phi) is 4.46. The third-order valence-electron chi connectivity index (χ3n) is 1.75. The Balaban J connectivity index is 3.04. The van der Waals surface area contributed by atoms with E-state index in [0.717, 1.165) is 0 Å². The smallest absolute Gasteiger partial charge is 0.493 e. The first-order valence-electron chi connectivity index (χ1n) is 4.54. The van der Waals surface area contributed by atoms with E-state index in [1.165, 1.54) is 12.1 Å². The van der Waals surface area contributed by atoms with Gasteiger partial charge in [0, 0.05) is 10.9 Å². The fourth-order valence-electron chi connectivity index (χ4n) is 1.19. The molecular weight excluding hydrogens is 289 g/mol. The Labute approximate surface area is 99.5 Å². The lowest BCUT2D eigenvalue weighted by Crippen LogP contribution is -2.18. The van der Waals surface area contributed by atoms with Crippen LogP contribution in [0.4, 0.5) is 13.2 Å². The molecule has 0 aliphatic carbocycles. The Bertz CT molecular complexity index is 352. The summed E-state index contributed by atoms with van der Waals surface area (Å²) in [5, 5.41) is 0.231. The maximum atomic E-state index is 12.1. The van der Waals surface area contributed by atoms with E-state index >= 15 is 0 Å². The van der Waals surface area contributed by atoms with Gasteiger partial charge in [0.1, 0.15) is 11.5 Å². The molecule has 16 heavy (non-hydrogen) atoms. The largest absolute Gasteiger partial charge is 0.573 e. The van der Waals surface area contributed by atoms with Gasteiger partial charge in [-0.1, -0.05) is 22.0 Å². The first-order valence-corrected chi connectivity index (χ1v) is 5.66. The predicted molar refractivity (Wildman–Crippen MR) is 56.9 cm³/mol. The quantitative estimate of drug-likeness (QED) is 0.786. The third kappa shape index (κ3) is 3.59. The van der Waals surface area contributed by atoms with Crippen molar-refractivity contribution in [3.8, 4) is 11.5 Å². The van der Waals surface area contributed by atoms with Gasteiger partial charge in [0.05, 0.1) is 6.61 Å². The van der Waals surface area contributed by atoms with Crippen LogP contribution in [0.25, 0.3) is 0 Å². The molecule has 0 heterocycles. The van der Waals surface area contributed by atoms with E-state index in [4.69, 9.17) is 4.74 Å². The zero-order valence-corrected chi connectivity index (χ0v) is 10.1. The topological polar surface area (TPSA) is 18.5 Å². The Hall–Kier alpha value is -0.910. The van der Waals surface area contributed by atoms with E-state index < -0.39 is 6.36 Å². The second-order valence-electron chi connectivity index (χ2n) is 2.85. The van der Waals surface area contributed by atoms with E-state index in [9.17, 15) is 13.2 Å². The summed E-state index contributed by atoms with van der Waals surface area (Å²) >= 11 is 3.11. The summed E-state index contributed by atoms with van der Waals surface area (Å²) in [6.07, 6.45) is -4.69. The van der Waals surface area contributed by atoms with E-state index in [2.05, 4.69) is 20.7 Å². The minimum Gasteiger partial charge on any atom is -0.493 e. The van der Waals surface area contributed by atoms with Crippen molar-refractivity contribution >= 4 is 15.9 Å². The molecule has 0 atom stereocenters. The molecule has 0 saturated heterocycles. The Morgan fingerprint density at radius 2 is 1.88 bits per heavy atom. The van der Waals surface area contributed by atoms with Gasteiger partial charge in [-0.25, -0.2) is 0 Å². The lowest BCUT2D eigenvalue weighted by molar-refractivity contribution is -0.274. The highest BCUT2D eigenvalue weighted by Crippen LogP contribution is 2.34. The molecule has 0 radical (unpaired) electrons. The standard InChI is InChI=1S/C10H10BrF3O2/c1-2-15-8-4-3-5-9(7(8)6-11)16-10(12,13)14/h3-5H,2,6H2,1H3. The summed E-state index contributed by atoms with van der Waals surface area (Å²) in [6.45, 7) is 2.14. The third-order valence-corrected chi connectivity index (χ3v) is 2.31. The number of hydrogen-bond donors (Lipinski definition) is 0.